The number of rotatable bonds is 4. The Kier molecular flexibility index (Phi) is 3.51. The van der Waals surface area contributed by atoms with Gasteiger partial charge in [-0.1, -0.05) is 41.9 Å². The molecule has 110 valence electrons. The van der Waals surface area contributed by atoms with Crippen LogP contribution in [0.25, 0.3) is 11.3 Å². The molecule has 1 fully saturated rings. The normalized spacial score (nSPS) is 16.3. The SMILES string of the molecule is Cc1ccc(-c2cc(C(=O)NCC3(C)COC3)no2)cc1. The third-order valence-electron chi connectivity index (χ3n) is 3.66. The van der Waals surface area contributed by atoms with Crippen LogP contribution >= 0.6 is 0 Å². The molecule has 1 amide bonds. The van der Waals surface area contributed by atoms with Gasteiger partial charge in [0.15, 0.2) is 11.5 Å². The predicted octanol–water partition coefficient (Wildman–Crippen LogP) is 2.42. The minimum atomic E-state index is -0.217. The molecular formula is C16H18N2O3. The quantitative estimate of drug-likeness (QED) is 0.937. The number of amides is 1. The summed E-state index contributed by atoms with van der Waals surface area (Å²) in [5.74, 6) is 0.378. The number of nitrogens with one attached hydrogen (secondary N) is 1. The Bertz CT molecular complexity index is 642. The molecule has 0 saturated carbocycles. The highest BCUT2D eigenvalue weighted by atomic mass is 16.5. The van der Waals surface area contributed by atoms with Crippen LogP contribution in [0.1, 0.15) is 23.0 Å². The molecule has 1 aliphatic heterocycles. The van der Waals surface area contributed by atoms with E-state index in [-0.39, 0.29) is 11.3 Å². The van der Waals surface area contributed by atoms with Gasteiger partial charge in [0.1, 0.15) is 0 Å². The van der Waals surface area contributed by atoms with E-state index in [4.69, 9.17) is 9.26 Å². The molecule has 1 saturated heterocycles. The van der Waals surface area contributed by atoms with Crippen LogP contribution in [0.5, 0.6) is 0 Å². The Morgan fingerprint density at radius 2 is 2.05 bits per heavy atom. The van der Waals surface area contributed by atoms with Crippen LogP contribution in [-0.2, 0) is 4.74 Å². The average molecular weight is 286 g/mol. The van der Waals surface area contributed by atoms with E-state index in [1.54, 1.807) is 6.07 Å². The molecular weight excluding hydrogens is 268 g/mol. The predicted molar refractivity (Wildman–Crippen MR) is 77.9 cm³/mol. The lowest BCUT2D eigenvalue weighted by Gasteiger charge is -2.37. The standard InChI is InChI=1S/C16H18N2O3/c1-11-3-5-12(6-4-11)14-7-13(18-21-14)15(19)17-8-16(2)9-20-10-16/h3-7H,8-10H2,1-2H3,(H,17,19). The van der Waals surface area contributed by atoms with Crippen molar-refractivity contribution in [1.29, 1.82) is 0 Å². The zero-order chi connectivity index (χ0) is 14.9. The average Bonchev–Trinajstić information content (AvgIpc) is 2.93. The molecule has 0 radical (unpaired) electrons. The van der Waals surface area contributed by atoms with Crippen molar-refractivity contribution >= 4 is 5.91 Å². The zero-order valence-electron chi connectivity index (χ0n) is 12.2. The number of hydrogen-bond donors (Lipinski definition) is 1. The maximum Gasteiger partial charge on any atom is 0.273 e. The Morgan fingerprint density at radius 1 is 1.33 bits per heavy atom. The lowest BCUT2D eigenvalue weighted by atomic mass is 9.89. The summed E-state index contributed by atoms with van der Waals surface area (Å²) in [6.07, 6.45) is 0. The van der Waals surface area contributed by atoms with Crippen molar-refractivity contribution in [3.63, 3.8) is 0 Å². The molecule has 21 heavy (non-hydrogen) atoms. The van der Waals surface area contributed by atoms with Crippen molar-refractivity contribution in [2.24, 2.45) is 5.41 Å². The fourth-order valence-electron chi connectivity index (χ4n) is 2.17. The second kappa shape index (κ2) is 5.33. The van der Waals surface area contributed by atoms with E-state index >= 15 is 0 Å². The Balaban J connectivity index is 1.66. The number of ether oxygens (including phenoxy) is 1. The van der Waals surface area contributed by atoms with Gasteiger partial charge >= 0.3 is 0 Å². The third kappa shape index (κ3) is 2.97. The van der Waals surface area contributed by atoms with E-state index in [0.29, 0.717) is 31.2 Å². The Hall–Kier alpha value is -2.14. The van der Waals surface area contributed by atoms with Crippen molar-refractivity contribution < 1.29 is 14.1 Å². The summed E-state index contributed by atoms with van der Waals surface area (Å²) >= 11 is 0. The summed E-state index contributed by atoms with van der Waals surface area (Å²) in [7, 11) is 0. The van der Waals surface area contributed by atoms with Crippen LogP contribution < -0.4 is 5.32 Å². The highest BCUT2D eigenvalue weighted by molar-refractivity contribution is 5.93. The molecule has 5 heteroatoms. The summed E-state index contributed by atoms with van der Waals surface area (Å²) in [6.45, 7) is 6.05. The highest BCUT2D eigenvalue weighted by Gasteiger charge is 2.33. The first-order chi connectivity index (χ1) is 10.1. The maximum atomic E-state index is 12.1. The van der Waals surface area contributed by atoms with Crippen molar-refractivity contribution in [3.8, 4) is 11.3 Å². The molecule has 1 aromatic carbocycles. The van der Waals surface area contributed by atoms with Crippen LogP contribution in [0.15, 0.2) is 34.9 Å². The van der Waals surface area contributed by atoms with E-state index in [1.165, 1.54) is 5.56 Å². The number of benzene rings is 1. The van der Waals surface area contributed by atoms with Crippen LogP contribution in [0.4, 0.5) is 0 Å². The van der Waals surface area contributed by atoms with Crippen LogP contribution in [0, 0.1) is 12.3 Å². The third-order valence-corrected chi connectivity index (χ3v) is 3.66. The van der Waals surface area contributed by atoms with Gasteiger partial charge in [0.05, 0.1) is 13.2 Å². The van der Waals surface area contributed by atoms with Gasteiger partial charge in [-0.3, -0.25) is 4.79 Å². The van der Waals surface area contributed by atoms with E-state index < -0.39 is 0 Å². The lowest BCUT2D eigenvalue weighted by Crippen LogP contribution is -2.48. The Labute approximate surface area is 123 Å². The molecule has 1 aliphatic rings. The number of carbonyl (C=O) groups excluding carboxylic acids is 1. The van der Waals surface area contributed by atoms with Crippen molar-refractivity contribution in [2.45, 2.75) is 13.8 Å². The maximum absolute atomic E-state index is 12.1. The Morgan fingerprint density at radius 3 is 2.67 bits per heavy atom. The van der Waals surface area contributed by atoms with Gasteiger partial charge in [-0.25, -0.2) is 0 Å². The first kappa shape index (κ1) is 13.8. The highest BCUT2D eigenvalue weighted by Crippen LogP contribution is 2.25. The fourth-order valence-corrected chi connectivity index (χ4v) is 2.17. The van der Waals surface area contributed by atoms with Crippen LogP contribution in [-0.4, -0.2) is 30.8 Å². The molecule has 5 nitrogen and oxygen atoms in total. The van der Waals surface area contributed by atoms with E-state index in [1.807, 2.05) is 31.2 Å². The molecule has 1 N–H and O–H groups in total. The first-order valence-corrected chi connectivity index (χ1v) is 6.95. The van der Waals surface area contributed by atoms with E-state index in [9.17, 15) is 4.79 Å². The first-order valence-electron chi connectivity index (χ1n) is 6.95. The molecule has 2 aromatic rings. The number of aromatic nitrogens is 1. The van der Waals surface area contributed by atoms with Gasteiger partial charge in [-0.15, -0.1) is 0 Å². The second-order valence-corrected chi connectivity index (χ2v) is 5.93. The number of hydrogen-bond acceptors (Lipinski definition) is 4. The largest absolute Gasteiger partial charge is 0.380 e. The van der Waals surface area contributed by atoms with Gasteiger partial charge in [0, 0.05) is 23.6 Å². The van der Waals surface area contributed by atoms with Gasteiger partial charge in [0.2, 0.25) is 0 Å². The molecule has 0 spiro atoms. The van der Waals surface area contributed by atoms with Crippen molar-refractivity contribution in [2.75, 3.05) is 19.8 Å². The molecule has 0 bridgehead atoms. The van der Waals surface area contributed by atoms with E-state index in [0.717, 1.165) is 5.56 Å². The summed E-state index contributed by atoms with van der Waals surface area (Å²) in [4.78, 5) is 12.1. The second-order valence-electron chi connectivity index (χ2n) is 5.93. The topological polar surface area (TPSA) is 64.4 Å². The molecule has 3 rings (SSSR count). The van der Waals surface area contributed by atoms with Gasteiger partial charge in [0.25, 0.3) is 5.91 Å². The van der Waals surface area contributed by atoms with Crippen molar-refractivity contribution in [1.82, 2.24) is 10.5 Å². The van der Waals surface area contributed by atoms with Gasteiger partial charge in [-0.05, 0) is 6.92 Å². The summed E-state index contributed by atoms with van der Waals surface area (Å²) in [5.41, 5.74) is 2.42. The molecule has 1 aromatic heterocycles. The number of nitrogens with zero attached hydrogens (tertiary/aromatic N) is 1. The smallest absolute Gasteiger partial charge is 0.273 e. The minimum Gasteiger partial charge on any atom is -0.380 e. The molecule has 2 heterocycles. The molecule has 0 atom stereocenters. The zero-order valence-corrected chi connectivity index (χ0v) is 12.2. The van der Waals surface area contributed by atoms with Crippen LogP contribution in [0.2, 0.25) is 0 Å². The minimum absolute atomic E-state index is 0.0409. The van der Waals surface area contributed by atoms with Crippen molar-refractivity contribution in [3.05, 3.63) is 41.6 Å². The van der Waals surface area contributed by atoms with Gasteiger partial charge in [-0.2, -0.15) is 0 Å². The fraction of sp³-hybridized carbons (Fsp3) is 0.375. The van der Waals surface area contributed by atoms with E-state index in [2.05, 4.69) is 17.4 Å². The monoisotopic (exact) mass is 286 g/mol. The number of aryl methyl sites for hydroxylation is 1. The van der Waals surface area contributed by atoms with Gasteiger partial charge < -0.3 is 14.6 Å². The van der Waals surface area contributed by atoms with Crippen LogP contribution in [0.3, 0.4) is 0 Å². The summed E-state index contributed by atoms with van der Waals surface area (Å²) < 4.78 is 10.4. The molecule has 0 unspecified atom stereocenters. The summed E-state index contributed by atoms with van der Waals surface area (Å²) in [6, 6.07) is 9.55. The lowest BCUT2D eigenvalue weighted by molar-refractivity contribution is -0.0978. The molecule has 0 aliphatic carbocycles. The number of carbonyl (C=O) groups is 1. The summed E-state index contributed by atoms with van der Waals surface area (Å²) in [5, 5.41) is 6.72.